The van der Waals surface area contributed by atoms with Gasteiger partial charge in [0.2, 0.25) is 5.91 Å². The first-order valence-electron chi connectivity index (χ1n) is 4.38. The average Bonchev–Trinajstić information content (AvgIpc) is 2.15. The van der Waals surface area contributed by atoms with Gasteiger partial charge in [0.15, 0.2) is 5.84 Å². The van der Waals surface area contributed by atoms with Gasteiger partial charge in [-0.05, 0) is 13.3 Å². The number of hydrogen-bond donors (Lipinski definition) is 3. The SMILES string of the molecule is CCCCNC(=O)C(C)C(N)=NO. The third-order valence-electron chi connectivity index (χ3n) is 1.78. The zero-order valence-electron chi connectivity index (χ0n) is 8.08. The molecule has 0 aromatic rings. The highest BCUT2D eigenvalue weighted by atomic mass is 16.4. The van der Waals surface area contributed by atoms with E-state index in [2.05, 4.69) is 10.5 Å². The number of nitrogens with one attached hydrogen (secondary N) is 1. The Kier molecular flexibility index (Phi) is 5.67. The summed E-state index contributed by atoms with van der Waals surface area (Å²) in [6.45, 7) is 4.27. The molecule has 13 heavy (non-hydrogen) atoms. The summed E-state index contributed by atoms with van der Waals surface area (Å²) in [6.07, 6.45) is 1.97. The van der Waals surface area contributed by atoms with E-state index in [0.717, 1.165) is 12.8 Å². The fourth-order valence-corrected chi connectivity index (χ4v) is 0.762. The van der Waals surface area contributed by atoms with Crippen LogP contribution in [-0.2, 0) is 4.79 Å². The number of carbonyl (C=O) groups is 1. The predicted octanol–water partition coefficient (Wildman–Crippen LogP) is 0.285. The molecule has 0 aliphatic heterocycles. The third kappa shape index (κ3) is 4.35. The normalized spacial score (nSPS) is 13.8. The van der Waals surface area contributed by atoms with E-state index >= 15 is 0 Å². The molecule has 1 unspecified atom stereocenters. The van der Waals surface area contributed by atoms with Crippen LogP contribution in [0.15, 0.2) is 5.16 Å². The molecular formula is C8H17N3O2. The molecule has 1 amide bonds. The molecule has 0 aromatic carbocycles. The molecular weight excluding hydrogens is 170 g/mol. The number of nitrogens with two attached hydrogens (primary N) is 1. The fourth-order valence-electron chi connectivity index (χ4n) is 0.762. The zero-order valence-corrected chi connectivity index (χ0v) is 8.08. The standard InChI is InChI=1S/C8H17N3O2/c1-3-4-5-10-8(12)6(2)7(9)11-13/h6,13H,3-5H2,1-2H3,(H2,9,11)(H,10,12). The van der Waals surface area contributed by atoms with Crippen molar-refractivity contribution in [2.75, 3.05) is 6.54 Å². The second-order valence-electron chi connectivity index (χ2n) is 2.89. The molecule has 0 aliphatic rings. The van der Waals surface area contributed by atoms with Gasteiger partial charge in [0.05, 0.1) is 5.92 Å². The molecule has 0 bridgehead atoms. The van der Waals surface area contributed by atoms with Crippen LogP contribution in [0.4, 0.5) is 0 Å². The summed E-state index contributed by atoms with van der Waals surface area (Å²) in [6, 6.07) is 0. The minimum Gasteiger partial charge on any atom is -0.409 e. The van der Waals surface area contributed by atoms with Gasteiger partial charge in [0, 0.05) is 6.54 Å². The molecule has 76 valence electrons. The summed E-state index contributed by atoms with van der Waals surface area (Å²) in [5.74, 6) is -0.834. The first-order chi connectivity index (χ1) is 6.13. The van der Waals surface area contributed by atoms with Crippen LogP contribution in [-0.4, -0.2) is 23.5 Å². The van der Waals surface area contributed by atoms with Gasteiger partial charge in [-0.25, -0.2) is 0 Å². The van der Waals surface area contributed by atoms with Crippen LogP contribution in [0.1, 0.15) is 26.7 Å². The van der Waals surface area contributed by atoms with Gasteiger partial charge in [-0.2, -0.15) is 0 Å². The van der Waals surface area contributed by atoms with Gasteiger partial charge in [0.1, 0.15) is 0 Å². The maximum atomic E-state index is 11.2. The largest absolute Gasteiger partial charge is 0.409 e. The second kappa shape index (κ2) is 6.28. The topological polar surface area (TPSA) is 87.7 Å². The van der Waals surface area contributed by atoms with Crippen molar-refractivity contribution < 1.29 is 10.0 Å². The first kappa shape index (κ1) is 11.7. The molecule has 0 saturated carbocycles. The second-order valence-corrected chi connectivity index (χ2v) is 2.89. The maximum Gasteiger partial charge on any atom is 0.230 e. The molecule has 5 heteroatoms. The Bertz CT molecular complexity index is 192. The lowest BCUT2D eigenvalue weighted by molar-refractivity contribution is -0.122. The highest BCUT2D eigenvalue weighted by Crippen LogP contribution is 1.94. The molecule has 0 aliphatic carbocycles. The van der Waals surface area contributed by atoms with Crippen molar-refractivity contribution in [1.29, 1.82) is 0 Å². The number of rotatable bonds is 5. The van der Waals surface area contributed by atoms with Crippen LogP contribution in [0.5, 0.6) is 0 Å². The summed E-state index contributed by atoms with van der Waals surface area (Å²) in [5.41, 5.74) is 5.26. The van der Waals surface area contributed by atoms with E-state index in [1.54, 1.807) is 6.92 Å². The molecule has 0 spiro atoms. The van der Waals surface area contributed by atoms with Gasteiger partial charge in [-0.1, -0.05) is 18.5 Å². The van der Waals surface area contributed by atoms with Crippen molar-refractivity contribution in [1.82, 2.24) is 5.32 Å². The number of oxime groups is 1. The Morgan fingerprint density at radius 1 is 1.69 bits per heavy atom. The van der Waals surface area contributed by atoms with E-state index in [1.165, 1.54) is 0 Å². The Labute approximate surface area is 78.0 Å². The van der Waals surface area contributed by atoms with E-state index in [-0.39, 0.29) is 11.7 Å². The lowest BCUT2D eigenvalue weighted by Gasteiger charge is -2.09. The van der Waals surface area contributed by atoms with Crippen molar-refractivity contribution >= 4 is 11.7 Å². The molecule has 0 saturated heterocycles. The van der Waals surface area contributed by atoms with E-state index < -0.39 is 5.92 Å². The highest BCUT2D eigenvalue weighted by Gasteiger charge is 2.16. The third-order valence-corrected chi connectivity index (χ3v) is 1.78. The van der Waals surface area contributed by atoms with Crippen LogP contribution < -0.4 is 11.1 Å². The number of unbranched alkanes of at least 4 members (excludes halogenated alkanes) is 1. The van der Waals surface area contributed by atoms with Gasteiger partial charge in [-0.15, -0.1) is 0 Å². The summed E-state index contributed by atoms with van der Waals surface area (Å²) in [5, 5.41) is 13.8. The van der Waals surface area contributed by atoms with Crippen molar-refractivity contribution in [3.05, 3.63) is 0 Å². The summed E-state index contributed by atoms with van der Waals surface area (Å²) < 4.78 is 0. The van der Waals surface area contributed by atoms with Crippen LogP contribution in [0.2, 0.25) is 0 Å². The average molecular weight is 187 g/mol. The van der Waals surface area contributed by atoms with E-state index in [9.17, 15) is 4.79 Å². The van der Waals surface area contributed by atoms with Gasteiger partial charge in [-0.3, -0.25) is 4.79 Å². The Balaban J connectivity index is 3.83. The summed E-state index contributed by atoms with van der Waals surface area (Å²) >= 11 is 0. The Morgan fingerprint density at radius 2 is 2.31 bits per heavy atom. The van der Waals surface area contributed by atoms with E-state index in [1.807, 2.05) is 6.92 Å². The first-order valence-corrected chi connectivity index (χ1v) is 4.38. The number of amidine groups is 1. The van der Waals surface area contributed by atoms with E-state index in [4.69, 9.17) is 10.9 Å². The molecule has 0 aromatic heterocycles. The monoisotopic (exact) mass is 187 g/mol. The minimum absolute atomic E-state index is 0.0611. The fraction of sp³-hybridized carbons (Fsp3) is 0.750. The zero-order chi connectivity index (χ0) is 10.3. The Hall–Kier alpha value is -1.26. The number of nitrogens with zero attached hydrogens (tertiary/aromatic N) is 1. The molecule has 0 rings (SSSR count). The van der Waals surface area contributed by atoms with Crippen molar-refractivity contribution in [3.8, 4) is 0 Å². The molecule has 0 fully saturated rings. The smallest absolute Gasteiger partial charge is 0.230 e. The lowest BCUT2D eigenvalue weighted by Crippen LogP contribution is -2.37. The number of carbonyl (C=O) groups excluding carboxylic acids is 1. The van der Waals surface area contributed by atoms with Crippen LogP contribution in [0, 0.1) is 5.92 Å². The van der Waals surface area contributed by atoms with Gasteiger partial charge >= 0.3 is 0 Å². The van der Waals surface area contributed by atoms with Crippen LogP contribution >= 0.6 is 0 Å². The molecule has 1 atom stereocenters. The maximum absolute atomic E-state index is 11.2. The highest BCUT2D eigenvalue weighted by molar-refractivity contribution is 6.01. The predicted molar refractivity (Wildman–Crippen MR) is 50.5 cm³/mol. The van der Waals surface area contributed by atoms with Gasteiger partial charge in [0.25, 0.3) is 0 Å². The summed E-state index contributed by atoms with van der Waals surface area (Å²) in [4.78, 5) is 11.2. The number of amides is 1. The van der Waals surface area contributed by atoms with Crippen LogP contribution in [0.25, 0.3) is 0 Å². The molecule has 0 radical (unpaired) electrons. The van der Waals surface area contributed by atoms with Gasteiger partial charge < -0.3 is 16.3 Å². The van der Waals surface area contributed by atoms with Crippen LogP contribution in [0.3, 0.4) is 0 Å². The summed E-state index contributed by atoms with van der Waals surface area (Å²) in [7, 11) is 0. The minimum atomic E-state index is -0.568. The van der Waals surface area contributed by atoms with E-state index in [0.29, 0.717) is 6.54 Å². The van der Waals surface area contributed by atoms with Crippen molar-refractivity contribution in [2.24, 2.45) is 16.8 Å². The van der Waals surface area contributed by atoms with Crippen molar-refractivity contribution in [2.45, 2.75) is 26.7 Å². The quantitative estimate of drug-likeness (QED) is 0.190. The molecule has 4 N–H and O–H groups in total. The molecule has 0 heterocycles. The Morgan fingerprint density at radius 3 is 2.77 bits per heavy atom. The van der Waals surface area contributed by atoms with Crippen molar-refractivity contribution in [3.63, 3.8) is 0 Å². The molecule has 5 nitrogen and oxygen atoms in total. The lowest BCUT2D eigenvalue weighted by atomic mass is 10.1. The number of hydrogen-bond acceptors (Lipinski definition) is 3.